The molecule has 0 radical (unpaired) electrons. The lowest BCUT2D eigenvalue weighted by molar-refractivity contribution is -0.108. The minimum atomic E-state index is -0.517. The third-order valence-electron chi connectivity index (χ3n) is 5.04. The van der Waals surface area contributed by atoms with Gasteiger partial charge in [-0.1, -0.05) is 20.8 Å². The number of hydrogen-bond donors (Lipinski definition) is 0. The first kappa shape index (κ1) is 16.3. The van der Waals surface area contributed by atoms with Crippen LogP contribution in [0.5, 0.6) is 0 Å². The van der Waals surface area contributed by atoms with Crippen molar-refractivity contribution in [1.82, 2.24) is 4.90 Å². The molecule has 0 unspecified atom stereocenters. The van der Waals surface area contributed by atoms with Crippen LogP contribution in [-0.2, 0) is 9.53 Å². The van der Waals surface area contributed by atoms with Gasteiger partial charge in [-0.2, -0.15) is 0 Å². The number of carbonyl (C=O) groups excluding carboxylic acids is 2. The Morgan fingerprint density at radius 2 is 1.67 bits per heavy atom. The van der Waals surface area contributed by atoms with Gasteiger partial charge in [0.25, 0.3) is 0 Å². The van der Waals surface area contributed by atoms with Crippen molar-refractivity contribution in [2.45, 2.75) is 84.4 Å². The molecule has 1 atom stereocenters. The first-order valence-corrected chi connectivity index (χ1v) is 7.99. The third kappa shape index (κ3) is 3.09. The minimum Gasteiger partial charge on any atom is -0.444 e. The fraction of sp³-hybridized carbons (Fsp3) is 0.882. The standard InChI is InChI=1S/C17H29NO3/c1-15(2,3)12-7-9-17(10-8-12)13(11-19)18(17)14(20)21-16(4,5)6/h11-13H,7-10H2,1-6H3/t12?,13-,17?,18?/m1/s1. The van der Waals surface area contributed by atoms with Crippen LogP contribution < -0.4 is 0 Å². The first-order chi connectivity index (χ1) is 9.51. The molecule has 120 valence electrons. The fourth-order valence-corrected chi connectivity index (χ4v) is 3.71. The molecule has 1 aliphatic heterocycles. The highest BCUT2D eigenvalue weighted by atomic mass is 16.6. The summed E-state index contributed by atoms with van der Waals surface area (Å²) in [7, 11) is 0. The summed E-state index contributed by atoms with van der Waals surface area (Å²) in [4.78, 5) is 25.3. The van der Waals surface area contributed by atoms with Crippen LogP contribution in [0.2, 0.25) is 0 Å². The highest BCUT2D eigenvalue weighted by Crippen LogP contribution is 2.54. The summed E-state index contributed by atoms with van der Waals surface area (Å²) < 4.78 is 5.44. The maximum atomic E-state index is 12.3. The van der Waals surface area contributed by atoms with Crippen LogP contribution in [0.3, 0.4) is 0 Å². The van der Waals surface area contributed by atoms with Crippen molar-refractivity contribution in [3.8, 4) is 0 Å². The van der Waals surface area contributed by atoms with E-state index in [-0.39, 0.29) is 17.7 Å². The van der Waals surface area contributed by atoms with Crippen molar-refractivity contribution in [3.05, 3.63) is 0 Å². The topological polar surface area (TPSA) is 46.4 Å². The van der Waals surface area contributed by atoms with Gasteiger partial charge in [0.2, 0.25) is 0 Å². The molecule has 2 rings (SSSR count). The average Bonchev–Trinajstić information content (AvgIpc) is 2.93. The first-order valence-electron chi connectivity index (χ1n) is 7.99. The largest absolute Gasteiger partial charge is 0.444 e. The molecule has 1 saturated carbocycles. The van der Waals surface area contributed by atoms with E-state index >= 15 is 0 Å². The number of rotatable bonds is 1. The maximum Gasteiger partial charge on any atom is 0.411 e. The summed E-state index contributed by atoms with van der Waals surface area (Å²) in [5.74, 6) is 0.663. The van der Waals surface area contributed by atoms with Gasteiger partial charge < -0.3 is 9.53 Å². The molecule has 2 aliphatic rings. The number of amides is 1. The smallest absolute Gasteiger partial charge is 0.411 e. The zero-order chi connectivity index (χ0) is 16.1. The third-order valence-corrected chi connectivity index (χ3v) is 5.04. The van der Waals surface area contributed by atoms with E-state index in [2.05, 4.69) is 20.8 Å². The second kappa shape index (κ2) is 4.99. The molecular weight excluding hydrogens is 266 g/mol. The van der Waals surface area contributed by atoms with E-state index < -0.39 is 5.60 Å². The Morgan fingerprint density at radius 1 is 1.14 bits per heavy atom. The molecule has 4 heteroatoms. The number of ether oxygens (including phenoxy) is 1. The van der Waals surface area contributed by atoms with Crippen LogP contribution in [-0.4, -0.2) is 34.5 Å². The molecule has 1 aliphatic carbocycles. The summed E-state index contributed by atoms with van der Waals surface area (Å²) in [6.07, 6.45) is 4.56. The Bertz CT molecular complexity index is 422. The van der Waals surface area contributed by atoms with Crippen LogP contribution in [0.25, 0.3) is 0 Å². The summed E-state index contributed by atoms with van der Waals surface area (Å²) in [5, 5.41) is 0. The molecule has 1 saturated heterocycles. The molecule has 0 N–H and O–H groups in total. The second-order valence-electron chi connectivity index (χ2n) is 8.68. The quantitative estimate of drug-likeness (QED) is 0.546. The van der Waals surface area contributed by atoms with E-state index in [9.17, 15) is 9.59 Å². The predicted molar refractivity (Wildman–Crippen MR) is 82.1 cm³/mol. The molecule has 0 aromatic heterocycles. The van der Waals surface area contributed by atoms with E-state index in [4.69, 9.17) is 4.74 Å². The van der Waals surface area contributed by atoms with Crippen molar-refractivity contribution in [2.75, 3.05) is 0 Å². The number of nitrogens with zero attached hydrogens (tertiary/aromatic N) is 1. The van der Waals surface area contributed by atoms with E-state index in [0.29, 0.717) is 11.3 Å². The van der Waals surface area contributed by atoms with Gasteiger partial charge in [-0.05, 0) is 57.8 Å². The molecule has 1 heterocycles. The van der Waals surface area contributed by atoms with E-state index in [1.54, 1.807) is 4.90 Å². The Labute approximate surface area is 128 Å². The lowest BCUT2D eigenvalue weighted by Crippen LogP contribution is -2.35. The summed E-state index contributed by atoms with van der Waals surface area (Å²) >= 11 is 0. The van der Waals surface area contributed by atoms with Crippen LogP contribution in [0, 0.1) is 11.3 Å². The van der Waals surface area contributed by atoms with E-state index in [0.717, 1.165) is 32.0 Å². The Hall–Kier alpha value is -1.06. The predicted octanol–water partition coefficient (Wildman–Crippen LogP) is 3.78. The van der Waals surface area contributed by atoms with Gasteiger partial charge in [0.15, 0.2) is 0 Å². The number of hydrogen-bond acceptors (Lipinski definition) is 3. The summed E-state index contributed by atoms with van der Waals surface area (Å²) in [5.41, 5.74) is -0.479. The number of carbonyl (C=O) groups is 2. The molecular formula is C17H29NO3. The molecule has 21 heavy (non-hydrogen) atoms. The van der Waals surface area contributed by atoms with Gasteiger partial charge in [-0.25, -0.2) is 4.79 Å². The highest BCUT2D eigenvalue weighted by molar-refractivity contribution is 5.83. The fourth-order valence-electron chi connectivity index (χ4n) is 3.71. The van der Waals surface area contributed by atoms with Gasteiger partial charge in [0.1, 0.15) is 17.9 Å². The SMILES string of the molecule is CC(C)(C)OC(=O)N1[C@H](C=O)C12CCC(C(C)(C)C)CC2. The van der Waals surface area contributed by atoms with Crippen molar-refractivity contribution in [1.29, 1.82) is 0 Å². The van der Waals surface area contributed by atoms with Crippen molar-refractivity contribution >= 4 is 12.4 Å². The van der Waals surface area contributed by atoms with Crippen LogP contribution in [0.15, 0.2) is 0 Å². The second-order valence-corrected chi connectivity index (χ2v) is 8.68. The monoisotopic (exact) mass is 295 g/mol. The lowest BCUT2D eigenvalue weighted by Gasteiger charge is -2.37. The zero-order valence-electron chi connectivity index (χ0n) is 14.2. The lowest BCUT2D eigenvalue weighted by atomic mass is 9.69. The highest BCUT2D eigenvalue weighted by Gasteiger charge is 2.66. The summed E-state index contributed by atoms with van der Waals surface area (Å²) in [6.45, 7) is 12.4. The number of aldehydes is 1. The Kier molecular flexibility index (Phi) is 3.88. The van der Waals surface area contributed by atoms with Crippen LogP contribution in [0.4, 0.5) is 4.79 Å². The maximum absolute atomic E-state index is 12.3. The van der Waals surface area contributed by atoms with Gasteiger partial charge in [-0.15, -0.1) is 0 Å². The zero-order valence-corrected chi connectivity index (χ0v) is 14.2. The Balaban J connectivity index is 2.04. The molecule has 0 aromatic carbocycles. The van der Waals surface area contributed by atoms with Gasteiger partial charge in [-0.3, -0.25) is 4.90 Å². The van der Waals surface area contributed by atoms with Gasteiger partial charge >= 0.3 is 6.09 Å². The van der Waals surface area contributed by atoms with Crippen LogP contribution >= 0.6 is 0 Å². The molecule has 0 bridgehead atoms. The summed E-state index contributed by atoms with van der Waals surface area (Å²) in [6, 6.07) is -0.284. The van der Waals surface area contributed by atoms with Crippen molar-refractivity contribution < 1.29 is 14.3 Å². The Morgan fingerprint density at radius 3 is 2.05 bits per heavy atom. The molecule has 2 fully saturated rings. The average molecular weight is 295 g/mol. The van der Waals surface area contributed by atoms with E-state index in [1.165, 1.54) is 0 Å². The normalized spacial score (nSPS) is 33.0. The van der Waals surface area contributed by atoms with Gasteiger partial charge in [0.05, 0.1) is 5.54 Å². The molecule has 0 aromatic rings. The molecule has 1 amide bonds. The van der Waals surface area contributed by atoms with Crippen LogP contribution in [0.1, 0.15) is 67.2 Å². The molecule has 1 spiro atoms. The van der Waals surface area contributed by atoms with E-state index in [1.807, 2.05) is 20.8 Å². The molecule has 4 nitrogen and oxygen atoms in total. The minimum absolute atomic E-state index is 0.258. The van der Waals surface area contributed by atoms with Crippen molar-refractivity contribution in [2.24, 2.45) is 11.3 Å². The van der Waals surface area contributed by atoms with Crippen molar-refractivity contribution in [3.63, 3.8) is 0 Å². The van der Waals surface area contributed by atoms with Gasteiger partial charge in [0, 0.05) is 0 Å².